The SMILES string of the molecule is CC(=O)c1c(O)c(C)c(O)c2c1OC1=CC(=O)C(=C(C)NCCC(CCC(C)C)C3CCOC(C)(C)C3)C(=O)[C@@]12C. The number of benzene rings is 1. The van der Waals surface area contributed by atoms with E-state index in [0.29, 0.717) is 30.0 Å². The Labute approximate surface area is 243 Å². The molecule has 2 unspecified atom stereocenters. The lowest BCUT2D eigenvalue weighted by atomic mass is 9.70. The Hall–Kier alpha value is -3.13. The lowest BCUT2D eigenvalue weighted by Crippen LogP contribution is -2.41. The summed E-state index contributed by atoms with van der Waals surface area (Å²) in [6, 6.07) is 0. The number of phenolic OH excluding ortho intramolecular Hbond substituents is 2. The fourth-order valence-corrected chi connectivity index (χ4v) is 6.74. The number of aromatic hydroxyl groups is 2. The topological polar surface area (TPSA) is 122 Å². The lowest BCUT2D eigenvalue weighted by Gasteiger charge is -2.39. The quantitative estimate of drug-likeness (QED) is 0.194. The maximum atomic E-state index is 14.1. The van der Waals surface area contributed by atoms with Crippen LogP contribution in [0.3, 0.4) is 0 Å². The predicted molar refractivity (Wildman–Crippen MR) is 156 cm³/mol. The van der Waals surface area contributed by atoms with Crippen LogP contribution in [0.25, 0.3) is 0 Å². The Balaban J connectivity index is 1.61. The summed E-state index contributed by atoms with van der Waals surface area (Å²) in [5.41, 5.74) is -1.10. The van der Waals surface area contributed by atoms with Gasteiger partial charge >= 0.3 is 0 Å². The molecule has 2 aliphatic heterocycles. The number of hydrogen-bond donors (Lipinski definition) is 3. The third-order valence-electron chi connectivity index (χ3n) is 9.18. The molecule has 4 rings (SSSR count). The van der Waals surface area contributed by atoms with Gasteiger partial charge in [-0.15, -0.1) is 0 Å². The molecule has 0 aromatic heterocycles. The Morgan fingerprint density at radius 3 is 2.39 bits per heavy atom. The molecule has 41 heavy (non-hydrogen) atoms. The van der Waals surface area contributed by atoms with E-state index >= 15 is 0 Å². The smallest absolute Gasteiger partial charge is 0.194 e. The molecule has 1 aromatic carbocycles. The third kappa shape index (κ3) is 5.55. The van der Waals surface area contributed by atoms with Crippen LogP contribution in [-0.2, 0) is 19.7 Å². The van der Waals surface area contributed by atoms with Gasteiger partial charge in [0.15, 0.2) is 17.3 Å². The highest BCUT2D eigenvalue weighted by molar-refractivity contribution is 6.31. The van der Waals surface area contributed by atoms with Gasteiger partial charge in [0.1, 0.15) is 34.0 Å². The minimum absolute atomic E-state index is 0.00753. The summed E-state index contributed by atoms with van der Waals surface area (Å²) in [5, 5.41) is 24.9. The van der Waals surface area contributed by atoms with Crippen LogP contribution in [0, 0.1) is 24.7 Å². The molecule has 0 saturated carbocycles. The van der Waals surface area contributed by atoms with Gasteiger partial charge in [0.25, 0.3) is 0 Å². The molecule has 8 heteroatoms. The van der Waals surface area contributed by atoms with Crippen molar-refractivity contribution in [2.45, 2.75) is 98.5 Å². The molecule has 1 aliphatic carbocycles. The minimum Gasteiger partial charge on any atom is -0.507 e. The zero-order valence-electron chi connectivity index (χ0n) is 25.7. The van der Waals surface area contributed by atoms with Gasteiger partial charge in [0.2, 0.25) is 0 Å². The van der Waals surface area contributed by atoms with E-state index in [4.69, 9.17) is 9.47 Å². The third-order valence-corrected chi connectivity index (χ3v) is 9.18. The van der Waals surface area contributed by atoms with Crippen molar-refractivity contribution < 1.29 is 34.1 Å². The number of rotatable bonds is 9. The summed E-state index contributed by atoms with van der Waals surface area (Å²) in [5.74, 6) is -0.572. The van der Waals surface area contributed by atoms with E-state index in [2.05, 4.69) is 33.0 Å². The second-order valence-electron chi connectivity index (χ2n) is 13.2. The standard InChI is InChI=1S/C33H45NO7/c1-17(2)9-10-21(22-12-14-40-32(6,7)16-22)11-13-34-19(4)25-23(36)15-24-33(8,31(25)39)27-29(38)18(3)28(37)26(20(5)35)30(27)41-24/h15,17,21-22,34,37-38H,9-14,16H2,1-8H3/t21?,22?,33-/m0/s1. The first kappa shape index (κ1) is 30.8. The molecule has 3 atom stereocenters. The number of nitrogens with one attached hydrogen (secondary N) is 1. The van der Waals surface area contributed by atoms with E-state index in [9.17, 15) is 24.6 Å². The first-order valence-electron chi connectivity index (χ1n) is 14.8. The first-order valence-corrected chi connectivity index (χ1v) is 14.8. The predicted octanol–water partition coefficient (Wildman–Crippen LogP) is 5.81. The molecule has 1 fully saturated rings. The van der Waals surface area contributed by atoms with E-state index in [1.165, 1.54) is 19.9 Å². The van der Waals surface area contributed by atoms with Crippen molar-refractivity contribution >= 4 is 17.3 Å². The summed E-state index contributed by atoms with van der Waals surface area (Å²) in [7, 11) is 0. The second-order valence-corrected chi connectivity index (χ2v) is 13.2. The van der Waals surface area contributed by atoms with Crippen LogP contribution in [0.1, 0.15) is 102 Å². The molecular formula is C33H45NO7. The van der Waals surface area contributed by atoms with E-state index in [-0.39, 0.29) is 45.1 Å². The summed E-state index contributed by atoms with van der Waals surface area (Å²) in [6.45, 7) is 16.2. The molecule has 0 radical (unpaired) electrons. The number of carbonyl (C=O) groups is 3. The molecule has 0 amide bonds. The summed E-state index contributed by atoms with van der Waals surface area (Å²) >= 11 is 0. The average Bonchev–Trinajstić information content (AvgIpc) is 3.16. The Kier molecular flexibility index (Phi) is 8.47. The number of ether oxygens (including phenoxy) is 2. The molecule has 0 bridgehead atoms. The van der Waals surface area contributed by atoms with Crippen LogP contribution in [0.15, 0.2) is 23.1 Å². The maximum Gasteiger partial charge on any atom is 0.194 e. The number of allylic oxidation sites excluding steroid dienone is 4. The van der Waals surface area contributed by atoms with Crippen molar-refractivity contribution in [2.75, 3.05) is 13.2 Å². The fourth-order valence-electron chi connectivity index (χ4n) is 6.74. The number of fused-ring (bicyclic) bond motifs is 3. The number of phenols is 2. The zero-order valence-corrected chi connectivity index (χ0v) is 25.7. The molecular weight excluding hydrogens is 522 g/mol. The van der Waals surface area contributed by atoms with Gasteiger partial charge in [-0.05, 0) is 85.0 Å². The molecule has 3 aliphatic rings. The van der Waals surface area contributed by atoms with Crippen LogP contribution >= 0.6 is 0 Å². The van der Waals surface area contributed by atoms with Gasteiger partial charge in [0, 0.05) is 30.5 Å². The average molecular weight is 568 g/mol. The van der Waals surface area contributed by atoms with Crippen molar-refractivity contribution in [1.29, 1.82) is 0 Å². The van der Waals surface area contributed by atoms with Gasteiger partial charge in [-0.2, -0.15) is 0 Å². The van der Waals surface area contributed by atoms with E-state index in [0.717, 1.165) is 38.7 Å². The number of carbonyl (C=O) groups excluding carboxylic acids is 3. The summed E-state index contributed by atoms with van der Waals surface area (Å²) in [6.07, 6.45) is 6.48. The molecule has 0 spiro atoms. The molecule has 1 aromatic rings. The summed E-state index contributed by atoms with van der Waals surface area (Å²) in [4.78, 5) is 39.7. The zero-order chi connectivity index (χ0) is 30.4. The lowest BCUT2D eigenvalue weighted by molar-refractivity contribution is -0.123. The number of ketones is 3. The van der Waals surface area contributed by atoms with Crippen molar-refractivity contribution in [3.8, 4) is 17.2 Å². The highest BCUT2D eigenvalue weighted by atomic mass is 16.5. The van der Waals surface area contributed by atoms with Gasteiger partial charge < -0.3 is 25.0 Å². The molecule has 224 valence electrons. The van der Waals surface area contributed by atoms with Crippen LogP contribution < -0.4 is 10.1 Å². The molecule has 3 N–H and O–H groups in total. The molecule has 8 nitrogen and oxygen atoms in total. The van der Waals surface area contributed by atoms with Gasteiger partial charge in [-0.1, -0.05) is 20.3 Å². The van der Waals surface area contributed by atoms with Gasteiger partial charge in [0.05, 0.1) is 16.7 Å². The van der Waals surface area contributed by atoms with E-state index in [1.54, 1.807) is 13.8 Å². The van der Waals surface area contributed by atoms with Crippen LogP contribution in [-0.4, -0.2) is 46.3 Å². The Bertz CT molecular complexity index is 1340. The Morgan fingerprint density at radius 2 is 1.78 bits per heavy atom. The first-order chi connectivity index (χ1) is 19.1. The normalized spacial score (nSPS) is 25.3. The van der Waals surface area contributed by atoms with Crippen molar-refractivity contribution in [2.24, 2.45) is 17.8 Å². The van der Waals surface area contributed by atoms with Crippen molar-refractivity contribution in [1.82, 2.24) is 5.32 Å². The van der Waals surface area contributed by atoms with Crippen molar-refractivity contribution in [3.05, 3.63) is 39.8 Å². The number of Topliss-reactive ketones (excluding diaryl/α,β-unsaturated/α-hetero) is 2. The second kappa shape index (κ2) is 11.3. The van der Waals surface area contributed by atoms with Gasteiger partial charge in [-0.25, -0.2) is 0 Å². The van der Waals surface area contributed by atoms with Crippen LogP contribution in [0.2, 0.25) is 0 Å². The monoisotopic (exact) mass is 567 g/mol. The maximum absolute atomic E-state index is 14.1. The largest absolute Gasteiger partial charge is 0.507 e. The van der Waals surface area contributed by atoms with Crippen LogP contribution in [0.4, 0.5) is 0 Å². The Morgan fingerprint density at radius 1 is 1.10 bits per heavy atom. The highest BCUT2D eigenvalue weighted by Crippen LogP contribution is 2.57. The van der Waals surface area contributed by atoms with E-state index in [1.807, 2.05) is 0 Å². The van der Waals surface area contributed by atoms with E-state index < -0.39 is 28.5 Å². The van der Waals surface area contributed by atoms with Crippen molar-refractivity contribution in [3.63, 3.8) is 0 Å². The fraction of sp³-hybridized carbons (Fsp3) is 0.606. The minimum atomic E-state index is -1.51. The molecule has 1 saturated heterocycles. The van der Waals surface area contributed by atoms with Gasteiger partial charge in [-0.3, -0.25) is 14.4 Å². The van der Waals surface area contributed by atoms with Crippen LogP contribution in [0.5, 0.6) is 17.2 Å². The highest BCUT2D eigenvalue weighted by Gasteiger charge is 2.56. The summed E-state index contributed by atoms with van der Waals surface area (Å²) < 4.78 is 11.8. The number of hydrogen-bond acceptors (Lipinski definition) is 8. The molecule has 2 heterocycles.